The van der Waals surface area contributed by atoms with E-state index in [1.165, 1.54) is 0 Å². The van der Waals surface area contributed by atoms with Gasteiger partial charge in [-0.25, -0.2) is 8.78 Å². The van der Waals surface area contributed by atoms with E-state index in [1.807, 2.05) is 6.92 Å². The van der Waals surface area contributed by atoms with Gasteiger partial charge in [0.2, 0.25) is 5.91 Å². The first-order valence-electron chi connectivity index (χ1n) is 6.97. The summed E-state index contributed by atoms with van der Waals surface area (Å²) in [6.45, 7) is 3.94. The second kappa shape index (κ2) is 8.19. The average Bonchev–Trinajstić information content (AvgIpc) is 2.44. The lowest BCUT2D eigenvalue weighted by Crippen LogP contribution is -2.51. The molecule has 1 amide bonds. The maximum atomic E-state index is 13.5. The second-order valence-corrected chi connectivity index (χ2v) is 5.24. The highest BCUT2D eigenvalue weighted by Crippen LogP contribution is 2.13. The number of piperazine rings is 1. The molecule has 1 aliphatic rings. The van der Waals surface area contributed by atoms with Crippen LogP contribution in [0.4, 0.5) is 8.78 Å². The van der Waals surface area contributed by atoms with Gasteiger partial charge < -0.3 is 10.2 Å². The zero-order chi connectivity index (χ0) is 15.4. The molecular weight excluding hydrogens is 314 g/mol. The number of amides is 1. The first kappa shape index (κ1) is 18.5. The molecule has 1 saturated heterocycles. The number of ketones is 1. The lowest BCUT2D eigenvalue weighted by atomic mass is 10.1. The van der Waals surface area contributed by atoms with Crippen LogP contribution >= 0.6 is 12.4 Å². The van der Waals surface area contributed by atoms with Gasteiger partial charge in [0, 0.05) is 44.6 Å². The highest BCUT2D eigenvalue weighted by Gasteiger charge is 2.21. The fourth-order valence-electron chi connectivity index (χ4n) is 2.39. The molecule has 1 aromatic carbocycles. The summed E-state index contributed by atoms with van der Waals surface area (Å²) in [6, 6.07) is 3.06. The first-order valence-corrected chi connectivity index (χ1v) is 6.97. The number of carbonyl (C=O) groups excluding carboxylic acids is 2. The molecule has 0 radical (unpaired) electrons. The number of hydrogen-bond donors (Lipinski definition) is 1. The molecule has 2 rings (SSSR count). The Morgan fingerprint density at radius 3 is 2.68 bits per heavy atom. The van der Waals surface area contributed by atoms with Crippen LogP contribution in [0.1, 0.15) is 30.1 Å². The maximum Gasteiger partial charge on any atom is 0.223 e. The van der Waals surface area contributed by atoms with Crippen molar-refractivity contribution in [3.63, 3.8) is 0 Å². The van der Waals surface area contributed by atoms with E-state index in [2.05, 4.69) is 5.32 Å². The molecule has 4 nitrogen and oxygen atoms in total. The van der Waals surface area contributed by atoms with Crippen molar-refractivity contribution < 1.29 is 18.4 Å². The van der Waals surface area contributed by atoms with Crippen molar-refractivity contribution in [2.24, 2.45) is 0 Å². The van der Waals surface area contributed by atoms with Gasteiger partial charge in [-0.15, -0.1) is 12.4 Å². The number of nitrogens with zero attached hydrogens (tertiary/aromatic N) is 1. The molecule has 1 fully saturated rings. The van der Waals surface area contributed by atoms with Gasteiger partial charge in [-0.2, -0.15) is 0 Å². The lowest BCUT2D eigenvalue weighted by molar-refractivity contribution is -0.132. The number of hydrogen-bond acceptors (Lipinski definition) is 3. The fraction of sp³-hybridized carbons (Fsp3) is 0.467. The molecule has 1 aromatic rings. The Labute approximate surface area is 134 Å². The van der Waals surface area contributed by atoms with Gasteiger partial charge in [0.05, 0.1) is 5.56 Å². The van der Waals surface area contributed by atoms with Gasteiger partial charge in [0.15, 0.2) is 5.78 Å². The molecule has 1 heterocycles. The maximum absolute atomic E-state index is 13.5. The summed E-state index contributed by atoms with van der Waals surface area (Å²) >= 11 is 0. The number of benzene rings is 1. The van der Waals surface area contributed by atoms with Crippen LogP contribution in [0.25, 0.3) is 0 Å². The number of rotatable bonds is 4. The van der Waals surface area contributed by atoms with Gasteiger partial charge in [-0.1, -0.05) is 0 Å². The Bertz CT molecular complexity index is 554. The molecule has 1 unspecified atom stereocenters. The van der Waals surface area contributed by atoms with Gasteiger partial charge in [0.1, 0.15) is 11.6 Å². The van der Waals surface area contributed by atoms with Gasteiger partial charge in [-0.05, 0) is 19.1 Å². The van der Waals surface area contributed by atoms with Crippen molar-refractivity contribution >= 4 is 24.1 Å². The van der Waals surface area contributed by atoms with Crippen molar-refractivity contribution in [1.82, 2.24) is 10.2 Å². The molecular formula is C15H19ClF2N2O2. The summed E-state index contributed by atoms with van der Waals surface area (Å²) in [5.74, 6) is -2.21. The smallest absolute Gasteiger partial charge is 0.223 e. The predicted octanol–water partition coefficient (Wildman–Crippen LogP) is 2.17. The average molecular weight is 333 g/mol. The van der Waals surface area contributed by atoms with Crippen LogP contribution in [-0.4, -0.2) is 42.3 Å². The van der Waals surface area contributed by atoms with Crippen molar-refractivity contribution in [2.45, 2.75) is 25.8 Å². The molecule has 7 heteroatoms. The van der Waals surface area contributed by atoms with E-state index in [0.29, 0.717) is 19.2 Å². The Kier molecular flexibility index (Phi) is 6.90. The zero-order valence-electron chi connectivity index (χ0n) is 12.3. The molecule has 122 valence electrons. The van der Waals surface area contributed by atoms with Crippen LogP contribution in [0.5, 0.6) is 0 Å². The Balaban J connectivity index is 0.00000242. The second-order valence-electron chi connectivity index (χ2n) is 5.24. The monoisotopic (exact) mass is 332 g/mol. The van der Waals surface area contributed by atoms with Gasteiger partial charge in [-0.3, -0.25) is 9.59 Å². The first-order chi connectivity index (χ1) is 9.97. The Morgan fingerprint density at radius 2 is 2.05 bits per heavy atom. The summed E-state index contributed by atoms with van der Waals surface area (Å²) < 4.78 is 26.3. The van der Waals surface area contributed by atoms with Crippen LogP contribution < -0.4 is 5.32 Å². The third-order valence-corrected chi connectivity index (χ3v) is 3.52. The van der Waals surface area contributed by atoms with Crippen LogP contribution in [0.2, 0.25) is 0 Å². The Morgan fingerprint density at radius 1 is 1.32 bits per heavy atom. The van der Waals surface area contributed by atoms with E-state index in [4.69, 9.17) is 0 Å². The van der Waals surface area contributed by atoms with Crippen molar-refractivity contribution in [3.8, 4) is 0 Å². The molecule has 0 aromatic heterocycles. The van der Waals surface area contributed by atoms with Crippen molar-refractivity contribution in [3.05, 3.63) is 35.4 Å². The van der Waals surface area contributed by atoms with Crippen LogP contribution in [0, 0.1) is 11.6 Å². The van der Waals surface area contributed by atoms with E-state index < -0.39 is 17.4 Å². The van der Waals surface area contributed by atoms with Crippen LogP contribution in [-0.2, 0) is 4.79 Å². The third kappa shape index (κ3) is 4.74. The largest absolute Gasteiger partial charge is 0.340 e. The summed E-state index contributed by atoms with van der Waals surface area (Å²) in [5.41, 5.74) is -0.169. The quantitative estimate of drug-likeness (QED) is 0.860. The number of halogens is 3. The molecule has 1 aliphatic heterocycles. The predicted molar refractivity (Wildman–Crippen MR) is 81.2 cm³/mol. The molecule has 1 N–H and O–H groups in total. The molecule has 0 bridgehead atoms. The molecule has 22 heavy (non-hydrogen) atoms. The highest BCUT2D eigenvalue weighted by molar-refractivity contribution is 5.98. The number of nitrogens with one attached hydrogen (secondary N) is 1. The van der Waals surface area contributed by atoms with Crippen LogP contribution in [0.3, 0.4) is 0 Å². The molecule has 1 atom stereocenters. The molecule has 0 spiro atoms. The summed E-state index contributed by atoms with van der Waals surface area (Å²) in [7, 11) is 0. The van der Waals surface area contributed by atoms with E-state index in [-0.39, 0.29) is 42.8 Å². The fourth-order valence-corrected chi connectivity index (χ4v) is 2.39. The SMILES string of the molecule is CC1CN(C(=O)CCC(=O)c2ccc(F)cc2F)CCN1.Cl. The Hall–Kier alpha value is -1.53. The zero-order valence-corrected chi connectivity index (χ0v) is 13.1. The third-order valence-electron chi connectivity index (χ3n) is 3.52. The van der Waals surface area contributed by atoms with Crippen molar-refractivity contribution in [1.29, 1.82) is 0 Å². The van der Waals surface area contributed by atoms with E-state index in [9.17, 15) is 18.4 Å². The topological polar surface area (TPSA) is 49.4 Å². The normalized spacial score (nSPS) is 17.8. The number of carbonyl (C=O) groups is 2. The van der Waals surface area contributed by atoms with E-state index in [1.54, 1.807) is 4.90 Å². The van der Waals surface area contributed by atoms with Crippen molar-refractivity contribution in [2.75, 3.05) is 19.6 Å². The summed E-state index contributed by atoms with van der Waals surface area (Å²) in [4.78, 5) is 25.6. The minimum atomic E-state index is -0.886. The highest BCUT2D eigenvalue weighted by atomic mass is 35.5. The van der Waals surface area contributed by atoms with Gasteiger partial charge in [0.25, 0.3) is 0 Å². The number of Topliss-reactive ketones (excluding diaryl/α,β-unsaturated/α-hetero) is 1. The summed E-state index contributed by atoms with van der Waals surface area (Å²) in [6.07, 6.45) is -0.0257. The minimum absolute atomic E-state index is 0. The van der Waals surface area contributed by atoms with Crippen LogP contribution in [0.15, 0.2) is 18.2 Å². The molecule has 0 aliphatic carbocycles. The standard InChI is InChI=1S/C15H18F2N2O2.ClH/c1-10-9-19(7-6-18-10)15(21)5-4-14(20)12-3-2-11(16)8-13(12)17;/h2-3,8,10,18H,4-7,9H2,1H3;1H. The minimum Gasteiger partial charge on any atom is -0.340 e. The molecule has 0 saturated carbocycles. The van der Waals surface area contributed by atoms with E-state index in [0.717, 1.165) is 18.7 Å². The van der Waals surface area contributed by atoms with E-state index >= 15 is 0 Å². The van der Waals surface area contributed by atoms with Gasteiger partial charge >= 0.3 is 0 Å². The lowest BCUT2D eigenvalue weighted by Gasteiger charge is -2.31. The summed E-state index contributed by atoms with van der Waals surface area (Å²) in [5, 5.41) is 3.22.